The first-order chi connectivity index (χ1) is 12.7. The Morgan fingerprint density at radius 3 is 2.41 bits per heavy atom. The molecule has 2 aromatic rings. The number of hydrogen-bond acceptors (Lipinski definition) is 6. The van der Waals surface area contributed by atoms with E-state index in [1.54, 1.807) is 30.3 Å². The van der Waals surface area contributed by atoms with Crippen LogP contribution in [0.1, 0.15) is 11.1 Å². The van der Waals surface area contributed by atoms with Crippen LogP contribution >= 0.6 is 0 Å². The molecule has 0 spiro atoms. The van der Waals surface area contributed by atoms with Crippen molar-refractivity contribution in [1.29, 1.82) is 5.26 Å². The fourth-order valence-corrected chi connectivity index (χ4v) is 6.67. The first-order valence-electron chi connectivity index (χ1n) is 8.17. The summed E-state index contributed by atoms with van der Waals surface area (Å²) in [5, 5.41) is 19.3. The molecular weight excluding hydrogens is 388 g/mol. The van der Waals surface area contributed by atoms with Crippen molar-refractivity contribution in [3.05, 3.63) is 65.7 Å². The minimum absolute atomic E-state index is 0.0861. The highest BCUT2D eigenvalue weighted by Crippen LogP contribution is 2.27. The number of sulfone groups is 1. The van der Waals surface area contributed by atoms with Crippen LogP contribution < -0.4 is 0 Å². The van der Waals surface area contributed by atoms with Gasteiger partial charge in [-0.15, -0.1) is 0 Å². The van der Waals surface area contributed by atoms with Gasteiger partial charge in [0, 0.05) is 6.54 Å². The summed E-state index contributed by atoms with van der Waals surface area (Å²) in [6, 6.07) is 15.1. The molecule has 1 aliphatic rings. The predicted octanol–water partition coefficient (Wildman–Crippen LogP) is 0.907. The van der Waals surface area contributed by atoms with Crippen molar-refractivity contribution in [1.82, 2.24) is 4.31 Å². The minimum Gasteiger partial charge on any atom is -0.390 e. The van der Waals surface area contributed by atoms with Crippen LogP contribution in [-0.4, -0.2) is 49.9 Å². The van der Waals surface area contributed by atoms with E-state index >= 15 is 0 Å². The van der Waals surface area contributed by atoms with Crippen molar-refractivity contribution in [2.45, 2.75) is 23.6 Å². The van der Waals surface area contributed by atoms with Crippen molar-refractivity contribution in [3.63, 3.8) is 0 Å². The van der Waals surface area contributed by atoms with Crippen LogP contribution in [0.5, 0.6) is 0 Å². The number of hydrogen-bond donors (Lipinski definition) is 1. The van der Waals surface area contributed by atoms with Gasteiger partial charge in [-0.05, 0) is 23.8 Å². The third kappa shape index (κ3) is 4.20. The lowest BCUT2D eigenvalue weighted by atomic mass is 10.2. The predicted molar refractivity (Wildman–Crippen MR) is 98.8 cm³/mol. The van der Waals surface area contributed by atoms with E-state index in [2.05, 4.69) is 0 Å². The van der Waals surface area contributed by atoms with Crippen molar-refractivity contribution < 1.29 is 21.9 Å². The van der Waals surface area contributed by atoms with Gasteiger partial charge in [0.1, 0.15) is 0 Å². The molecule has 2 aromatic carbocycles. The first kappa shape index (κ1) is 19.5. The monoisotopic (exact) mass is 406 g/mol. The summed E-state index contributed by atoms with van der Waals surface area (Å²) in [6.07, 6.45) is -1.31. The molecule has 0 aliphatic carbocycles. The largest absolute Gasteiger partial charge is 0.390 e. The van der Waals surface area contributed by atoms with Gasteiger partial charge in [-0.25, -0.2) is 16.8 Å². The fourth-order valence-electron chi connectivity index (χ4n) is 3.09. The molecule has 1 fully saturated rings. The average molecular weight is 406 g/mol. The van der Waals surface area contributed by atoms with Crippen LogP contribution in [0.15, 0.2) is 59.5 Å². The third-order valence-electron chi connectivity index (χ3n) is 4.41. The standard InChI is InChI=1S/C18H18N2O5S2/c19-10-15-7-4-8-16(9-15)27(24,25)20(11-14-5-2-1-3-6-14)17-12-26(22,23)13-18(17)21/h1-9,17-18,21H,11-13H2/t17-,18+/m0/s1. The van der Waals surface area contributed by atoms with Crippen molar-refractivity contribution in [2.75, 3.05) is 11.5 Å². The quantitative estimate of drug-likeness (QED) is 0.789. The van der Waals surface area contributed by atoms with Gasteiger partial charge >= 0.3 is 0 Å². The third-order valence-corrected chi connectivity index (χ3v) is 7.98. The van der Waals surface area contributed by atoms with Crippen LogP contribution in [0, 0.1) is 11.3 Å². The molecule has 1 aliphatic heterocycles. The zero-order valence-electron chi connectivity index (χ0n) is 14.3. The van der Waals surface area contributed by atoms with Crippen LogP contribution in [-0.2, 0) is 26.4 Å². The highest BCUT2D eigenvalue weighted by atomic mass is 32.2. The first-order valence-corrected chi connectivity index (χ1v) is 11.4. The Hall–Kier alpha value is -2.25. The summed E-state index contributed by atoms with van der Waals surface area (Å²) in [6.45, 7) is -0.0861. The normalized spacial score (nSPS) is 21.8. The van der Waals surface area contributed by atoms with E-state index < -0.39 is 43.5 Å². The molecular formula is C18H18N2O5S2. The lowest BCUT2D eigenvalue weighted by molar-refractivity contribution is 0.125. The molecule has 0 unspecified atom stereocenters. The molecule has 3 rings (SSSR count). The Kier molecular flexibility index (Phi) is 5.35. The molecule has 1 heterocycles. The number of benzene rings is 2. The van der Waals surface area contributed by atoms with Gasteiger partial charge < -0.3 is 5.11 Å². The van der Waals surface area contributed by atoms with Gasteiger partial charge in [0.2, 0.25) is 10.0 Å². The van der Waals surface area contributed by atoms with E-state index in [1.807, 2.05) is 6.07 Å². The zero-order chi connectivity index (χ0) is 19.7. The van der Waals surface area contributed by atoms with Crippen molar-refractivity contribution in [2.24, 2.45) is 0 Å². The van der Waals surface area contributed by atoms with E-state index in [4.69, 9.17) is 5.26 Å². The molecule has 0 radical (unpaired) electrons. The number of aliphatic hydroxyl groups excluding tert-OH is 1. The Morgan fingerprint density at radius 1 is 1.11 bits per heavy atom. The van der Waals surface area contributed by atoms with Crippen LogP contribution in [0.4, 0.5) is 0 Å². The smallest absolute Gasteiger partial charge is 0.243 e. The van der Waals surface area contributed by atoms with Crippen LogP contribution in [0.3, 0.4) is 0 Å². The van der Waals surface area contributed by atoms with Gasteiger partial charge in [-0.3, -0.25) is 0 Å². The summed E-state index contributed by atoms with van der Waals surface area (Å²) in [4.78, 5) is -0.117. The molecule has 0 saturated carbocycles. The minimum atomic E-state index is -4.14. The van der Waals surface area contributed by atoms with E-state index in [-0.39, 0.29) is 17.0 Å². The number of aliphatic hydroxyl groups is 1. The van der Waals surface area contributed by atoms with E-state index in [1.165, 1.54) is 24.3 Å². The van der Waals surface area contributed by atoms with Gasteiger partial charge in [0.05, 0.1) is 40.2 Å². The summed E-state index contributed by atoms with van der Waals surface area (Å²) >= 11 is 0. The maximum absolute atomic E-state index is 13.3. The SMILES string of the molecule is N#Cc1cccc(S(=O)(=O)N(Cc2ccccc2)[C@H]2CS(=O)(=O)C[C@H]2O)c1. The van der Waals surface area contributed by atoms with Gasteiger partial charge in [-0.1, -0.05) is 36.4 Å². The fraction of sp³-hybridized carbons (Fsp3) is 0.278. The molecule has 0 amide bonds. The Balaban J connectivity index is 2.07. The second-order valence-corrected chi connectivity index (χ2v) is 10.4. The van der Waals surface area contributed by atoms with E-state index in [0.717, 1.165) is 4.31 Å². The molecule has 7 nitrogen and oxygen atoms in total. The number of sulfonamides is 1. The molecule has 1 N–H and O–H groups in total. The molecule has 1 saturated heterocycles. The molecule has 27 heavy (non-hydrogen) atoms. The Labute approximate surface area is 158 Å². The summed E-state index contributed by atoms with van der Waals surface area (Å²) in [5.74, 6) is -0.922. The van der Waals surface area contributed by atoms with E-state index in [9.17, 15) is 21.9 Å². The zero-order valence-corrected chi connectivity index (χ0v) is 15.9. The lowest BCUT2D eigenvalue weighted by Crippen LogP contribution is -2.46. The maximum Gasteiger partial charge on any atom is 0.243 e. The van der Waals surface area contributed by atoms with Crippen LogP contribution in [0.25, 0.3) is 0 Å². The summed E-state index contributed by atoms with van der Waals surface area (Å²) < 4.78 is 51.4. The van der Waals surface area contributed by atoms with Crippen molar-refractivity contribution >= 4 is 19.9 Å². The van der Waals surface area contributed by atoms with Crippen LogP contribution in [0.2, 0.25) is 0 Å². The molecule has 2 atom stereocenters. The molecule has 9 heteroatoms. The van der Waals surface area contributed by atoms with Gasteiger partial charge in [0.25, 0.3) is 0 Å². The molecule has 142 valence electrons. The Morgan fingerprint density at radius 2 is 1.81 bits per heavy atom. The number of nitrogens with zero attached hydrogens (tertiary/aromatic N) is 2. The molecule has 0 aromatic heterocycles. The second kappa shape index (κ2) is 7.40. The summed E-state index contributed by atoms with van der Waals surface area (Å²) in [5.41, 5.74) is 0.837. The Bertz CT molecular complexity index is 1080. The second-order valence-electron chi connectivity index (χ2n) is 6.39. The van der Waals surface area contributed by atoms with Gasteiger partial charge in [-0.2, -0.15) is 9.57 Å². The lowest BCUT2D eigenvalue weighted by Gasteiger charge is -2.29. The topological polar surface area (TPSA) is 116 Å². The number of nitriles is 1. The average Bonchev–Trinajstić information content (AvgIpc) is 2.92. The summed E-state index contributed by atoms with van der Waals surface area (Å²) in [7, 11) is -7.69. The highest BCUT2D eigenvalue weighted by molar-refractivity contribution is 7.92. The molecule has 0 bridgehead atoms. The number of rotatable bonds is 5. The highest BCUT2D eigenvalue weighted by Gasteiger charge is 2.44. The van der Waals surface area contributed by atoms with E-state index in [0.29, 0.717) is 5.56 Å². The van der Waals surface area contributed by atoms with Gasteiger partial charge in [0.15, 0.2) is 9.84 Å². The van der Waals surface area contributed by atoms with Crippen molar-refractivity contribution in [3.8, 4) is 6.07 Å². The maximum atomic E-state index is 13.3.